The molecule has 0 bridgehead atoms. The standard InChI is InChI=1S/C9H5BrF2N2O/c1-3-9(15)14-5-2-4(10)6(11)7(12)8(5)13-3/h2H,1H3,(H,14,15). The third-order valence-corrected chi connectivity index (χ3v) is 2.57. The maximum Gasteiger partial charge on any atom is 0.269 e. The number of H-pyrrole nitrogens is 1. The quantitative estimate of drug-likeness (QED) is 0.750. The summed E-state index contributed by atoms with van der Waals surface area (Å²) in [6.45, 7) is 1.43. The fourth-order valence-corrected chi connectivity index (χ4v) is 1.62. The van der Waals surface area contributed by atoms with Gasteiger partial charge in [-0.25, -0.2) is 13.8 Å². The van der Waals surface area contributed by atoms with Gasteiger partial charge in [0.15, 0.2) is 11.6 Å². The molecule has 0 aliphatic rings. The lowest BCUT2D eigenvalue weighted by atomic mass is 10.2. The van der Waals surface area contributed by atoms with Gasteiger partial charge in [0, 0.05) is 0 Å². The summed E-state index contributed by atoms with van der Waals surface area (Å²) in [5.74, 6) is -2.08. The minimum atomic E-state index is -1.07. The highest BCUT2D eigenvalue weighted by molar-refractivity contribution is 9.10. The number of fused-ring (bicyclic) bond motifs is 1. The van der Waals surface area contributed by atoms with Gasteiger partial charge in [-0.1, -0.05) is 0 Å². The summed E-state index contributed by atoms with van der Waals surface area (Å²) >= 11 is 2.85. The molecule has 15 heavy (non-hydrogen) atoms. The lowest BCUT2D eigenvalue weighted by Crippen LogP contribution is -2.12. The van der Waals surface area contributed by atoms with E-state index in [0.717, 1.165) is 0 Å². The molecular formula is C9H5BrF2N2O. The Hall–Kier alpha value is -1.30. The van der Waals surface area contributed by atoms with Crippen LogP contribution < -0.4 is 5.56 Å². The molecule has 0 aliphatic carbocycles. The number of aryl methyl sites for hydroxylation is 1. The Morgan fingerprint density at radius 2 is 2.07 bits per heavy atom. The molecule has 0 atom stereocenters. The molecule has 0 amide bonds. The predicted molar refractivity (Wildman–Crippen MR) is 54.7 cm³/mol. The minimum absolute atomic E-state index is 0.0474. The number of aromatic amines is 1. The largest absolute Gasteiger partial charge is 0.319 e. The Bertz CT molecular complexity index is 609. The van der Waals surface area contributed by atoms with Gasteiger partial charge < -0.3 is 4.98 Å². The molecule has 1 heterocycles. The van der Waals surface area contributed by atoms with Gasteiger partial charge in [-0.3, -0.25) is 4.79 Å². The summed E-state index contributed by atoms with van der Waals surface area (Å²) in [6.07, 6.45) is 0. The SMILES string of the molecule is Cc1nc2c(F)c(F)c(Br)cc2[nH]c1=O. The number of nitrogens with zero attached hydrogens (tertiary/aromatic N) is 1. The van der Waals surface area contributed by atoms with E-state index in [1.807, 2.05) is 0 Å². The minimum Gasteiger partial charge on any atom is -0.319 e. The van der Waals surface area contributed by atoms with Crippen LogP contribution >= 0.6 is 15.9 Å². The van der Waals surface area contributed by atoms with Crippen molar-refractivity contribution < 1.29 is 8.78 Å². The van der Waals surface area contributed by atoms with Gasteiger partial charge in [0.2, 0.25) is 0 Å². The number of hydrogen-bond donors (Lipinski definition) is 1. The van der Waals surface area contributed by atoms with Crippen molar-refractivity contribution in [3.8, 4) is 0 Å². The van der Waals surface area contributed by atoms with Crippen LogP contribution in [0, 0.1) is 18.6 Å². The molecule has 0 saturated heterocycles. The number of hydrogen-bond acceptors (Lipinski definition) is 2. The van der Waals surface area contributed by atoms with Gasteiger partial charge in [-0.15, -0.1) is 0 Å². The molecule has 2 rings (SSSR count). The Labute approximate surface area is 91.3 Å². The first-order chi connectivity index (χ1) is 7.00. The highest BCUT2D eigenvalue weighted by Crippen LogP contribution is 2.24. The van der Waals surface area contributed by atoms with Crippen molar-refractivity contribution in [2.45, 2.75) is 6.92 Å². The number of rotatable bonds is 0. The first-order valence-electron chi connectivity index (χ1n) is 4.05. The van der Waals surface area contributed by atoms with E-state index in [1.165, 1.54) is 13.0 Å². The molecule has 0 aliphatic heterocycles. The van der Waals surface area contributed by atoms with Crippen molar-refractivity contribution in [1.82, 2.24) is 9.97 Å². The van der Waals surface area contributed by atoms with Crippen LogP contribution in [0.1, 0.15) is 5.69 Å². The molecule has 3 nitrogen and oxygen atoms in total. The molecule has 1 aromatic carbocycles. The van der Waals surface area contributed by atoms with Crippen LogP contribution in [0.25, 0.3) is 11.0 Å². The van der Waals surface area contributed by atoms with Gasteiger partial charge in [-0.05, 0) is 28.9 Å². The third-order valence-electron chi connectivity index (χ3n) is 1.99. The Morgan fingerprint density at radius 1 is 1.40 bits per heavy atom. The van der Waals surface area contributed by atoms with E-state index in [2.05, 4.69) is 25.9 Å². The van der Waals surface area contributed by atoms with Gasteiger partial charge in [0.1, 0.15) is 11.2 Å². The average molecular weight is 275 g/mol. The lowest BCUT2D eigenvalue weighted by molar-refractivity contribution is 0.510. The second-order valence-corrected chi connectivity index (χ2v) is 3.89. The summed E-state index contributed by atoms with van der Waals surface area (Å²) in [7, 11) is 0. The Balaban J connectivity index is 2.99. The van der Waals surface area contributed by atoms with Crippen molar-refractivity contribution in [2.24, 2.45) is 0 Å². The van der Waals surface area contributed by atoms with Crippen LogP contribution in [0.15, 0.2) is 15.3 Å². The van der Waals surface area contributed by atoms with Gasteiger partial charge >= 0.3 is 0 Å². The van der Waals surface area contributed by atoms with Crippen LogP contribution in [0.4, 0.5) is 8.78 Å². The fraction of sp³-hybridized carbons (Fsp3) is 0.111. The third kappa shape index (κ3) is 1.54. The summed E-state index contributed by atoms with van der Waals surface area (Å²) < 4.78 is 26.5. The zero-order valence-electron chi connectivity index (χ0n) is 7.57. The second kappa shape index (κ2) is 3.37. The topological polar surface area (TPSA) is 45.8 Å². The van der Waals surface area contributed by atoms with E-state index >= 15 is 0 Å². The highest BCUT2D eigenvalue weighted by atomic mass is 79.9. The summed E-state index contributed by atoms with van der Waals surface area (Å²) in [6, 6.07) is 1.28. The van der Waals surface area contributed by atoms with Crippen LogP contribution in [-0.2, 0) is 0 Å². The molecule has 0 radical (unpaired) electrons. The molecule has 78 valence electrons. The van der Waals surface area contributed by atoms with Crippen molar-refractivity contribution in [3.63, 3.8) is 0 Å². The van der Waals surface area contributed by atoms with E-state index in [4.69, 9.17) is 0 Å². The van der Waals surface area contributed by atoms with Crippen LogP contribution in [0.5, 0.6) is 0 Å². The maximum absolute atomic E-state index is 13.4. The molecule has 0 fully saturated rings. The van der Waals surface area contributed by atoms with Crippen molar-refractivity contribution in [1.29, 1.82) is 0 Å². The highest BCUT2D eigenvalue weighted by Gasteiger charge is 2.14. The average Bonchev–Trinajstić information content (AvgIpc) is 2.19. The number of aromatic nitrogens is 2. The summed E-state index contributed by atoms with van der Waals surface area (Å²) in [5.41, 5.74) is -0.326. The normalized spacial score (nSPS) is 10.9. The molecule has 2 aromatic rings. The molecule has 0 unspecified atom stereocenters. The van der Waals surface area contributed by atoms with E-state index in [1.54, 1.807) is 0 Å². The number of benzene rings is 1. The molecule has 0 saturated carbocycles. The number of halogens is 3. The van der Waals surface area contributed by atoms with E-state index in [-0.39, 0.29) is 21.2 Å². The van der Waals surface area contributed by atoms with Crippen LogP contribution in [-0.4, -0.2) is 9.97 Å². The van der Waals surface area contributed by atoms with E-state index in [9.17, 15) is 13.6 Å². The summed E-state index contributed by atoms with van der Waals surface area (Å²) in [5, 5.41) is 0. The monoisotopic (exact) mass is 274 g/mol. The van der Waals surface area contributed by atoms with E-state index < -0.39 is 17.2 Å². The summed E-state index contributed by atoms with van der Waals surface area (Å²) in [4.78, 5) is 17.3. The zero-order chi connectivity index (χ0) is 11.2. The fourth-order valence-electron chi connectivity index (χ4n) is 1.22. The number of nitrogens with one attached hydrogen (secondary N) is 1. The predicted octanol–water partition coefficient (Wildman–Crippen LogP) is 2.27. The van der Waals surface area contributed by atoms with Crippen molar-refractivity contribution >= 4 is 27.0 Å². The molecule has 0 spiro atoms. The maximum atomic E-state index is 13.4. The van der Waals surface area contributed by atoms with Gasteiger partial charge in [0.05, 0.1) is 9.99 Å². The first-order valence-corrected chi connectivity index (χ1v) is 4.84. The Morgan fingerprint density at radius 3 is 2.73 bits per heavy atom. The van der Waals surface area contributed by atoms with E-state index in [0.29, 0.717) is 0 Å². The smallest absolute Gasteiger partial charge is 0.269 e. The lowest BCUT2D eigenvalue weighted by Gasteiger charge is -2.02. The van der Waals surface area contributed by atoms with Crippen LogP contribution in [0.3, 0.4) is 0 Å². The van der Waals surface area contributed by atoms with Crippen LogP contribution in [0.2, 0.25) is 0 Å². The van der Waals surface area contributed by atoms with Gasteiger partial charge in [-0.2, -0.15) is 0 Å². The zero-order valence-corrected chi connectivity index (χ0v) is 9.15. The van der Waals surface area contributed by atoms with Gasteiger partial charge in [0.25, 0.3) is 5.56 Å². The first kappa shape index (κ1) is 10.2. The molecule has 6 heteroatoms. The van der Waals surface area contributed by atoms with Crippen molar-refractivity contribution in [2.75, 3.05) is 0 Å². The molecule has 1 N–H and O–H groups in total. The molecular weight excluding hydrogens is 270 g/mol. The second-order valence-electron chi connectivity index (χ2n) is 3.03. The molecule has 1 aromatic heterocycles. The Kier molecular flexibility index (Phi) is 2.30. The van der Waals surface area contributed by atoms with Crippen molar-refractivity contribution in [3.05, 3.63) is 38.2 Å².